The first kappa shape index (κ1) is 22.7. The van der Waals surface area contributed by atoms with E-state index in [-0.39, 0.29) is 5.28 Å². The maximum atomic E-state index is 6.72. The smallest absolute Gasteiger partial charge is 0.225 e. The van der Waals surface area contributed by atoms with Crippen LogP contribution in [-0.2, 0) is 0 Å². The summed E-state index contributed by atoms with van der Waals surface area (Å²) in [4.78, 5) is 9.58. The van der Waals surface area contributed by atoms with Crippen molar-refractivity contribution in [3.8, 4) is 5.82 Å². The predicted molar refractivity (Wildman–Crippen MR) is 177 cm³/mol. The molecule has 0 aliphatic rings. The lowest BCUT2D eigenvalue weighted by Crippen LogP contribution is -2.00. The van der Waals surface area contributed by atoms with Gasteiger partial charge in [0.05, 0.1) is 15.7 Å². The van der Waals surface area contributed by atoms with Crippen molar-refractivity contribution in [1.82, 2.24) is 14.5 Å². The predicted octanol–water partition coefficient (Wildman–Crippen LogP) is 10.8. The van der Waals surface area contributed by atoms with Crippen LogP contribution in [-0.4, -0.2) is 14.5 Å². The van der Waals surface area contributed by atoms with E-state index in [0.717, 1.165) is 38.2 Å². The molecule has 0 bridgehead atoms. The van der Waals surface area contributed by atoms with Gasteiger partial charge in [0.2, 0.25) is 5.28 Å². The number of aromatic nitrogens is 3. The van der Waals surface area contributed by atoms with Crippen molar-refractivity contribution < 1.29 is 4.42 Å². The second-order valence-corrected chi connectivity index (χ2v) is 12.1. The summed E-state index contributed by atoms with van der Waals surface area (Å²) >= 11 is 8.54. The fraction of sp³-hybridized carbons (Fsp3) is 0. The molecule has 0 saturated carbocycles. The van der Waals surface area contributed by atoms with Gasteiger partial charge in [0.25, 0.3) is 0 Å². The summed E-state index contributed by atoms with van der Waals surface area (Å²) in [6.07, 6.45) is 0. The van der Waals surface area contributed by atoms with Crippen LogP contribution < -0.4 is 0 Å². The Morgan fingerprint density at radius 1 is 0.643 bits per heavy atom. The molecule has 42 heavy (non-hydrogen) atoms. The van der Waals surface area contributed by atoms with Crippen LogP contribution >= 0.6 is 22.9 Å². The van der Waals surface area contributed by atoms with Crippen molar-refractivity contribution >= 4 is 109 Å². The second-order valence-electron chi connectivity index (χ2n) is 10.7. The van der Waals surface area contributed by atoms with Gasteiger partial charge in [-0.3, -0.25) is 4.57 Å². The number of furan rings is 1. The van der Waals surface area contributed by atoms with E-state index >= 15 is 0 Å². The summed E-state index contributed by atoms with van der Waals surface area (Å²) in [6, 6.07) is 38.4. The van der Waals surface area contributed by atoms with Crippen LogP contribution in [0.5, 0.6) is 0 Å². The zero-order valence-corrected chi connectivity index (χ0v) is 23.5. The van der Waals surface area contributed by atoms with Gasteiger partial charge >= 0.3 is 0 Å². The van der Waals surface area contributed by atoms with E-state index in [1.807, 2.05) is 23.5 Å². The van der Waals surface area contributed by atoms with Crippen molar-refractivity contribution in [2.45, 2.75) is 0 Å². The van der Waals surface area contributed by atoms with E-state index in [4.69, 9.17) is 26.0 Å². The molecule has 0 radical (unpaired) electrons. The molecule has 0 fully saturated rings. The van der Waals surface area contributed by atoms with Gasteiger partial charge in [-0.15, -0.1) is 11.3 Å². The van der Waals surface area contributed by atoms with Crippen molar-refractivity contribution in [3.63, 3.8) is 0 Å². The molecule has 0 aliphatic heterocycles. The minimum Gasteiger partial charge on any atom is -0.450 e. The Labute approximate surface area is 247 Å². The number of fused-ring (bicyclic) bond motifs is 14. The largest absolute Gasteiger partial charge is 0.450 e. The van der Waals surface area contributed by atoms with Gasteiger partial charge in [0.1, 0.15) is 11.1 Å². The second kappa shape index (κ2) is 8.07. The molecule has 4 aromatic heterocycles. The highest BCUT2D eigenvalue weighted by molar-refractivity contribution is 7.27. The number of para-hydroxylation sites is 1. The van der Waals surface area contributed by atoms with Crippen molar-refractivity contribution in [2.24, 2.45) is 0 Å². The Morgan fingerprint density at radius 3 is 2.14 bits per heavy atom. The van der Waals surface area contributed by atoms with Crippen molar-refractivity contribution in [3.05, 3.63) is 114 Å². The number of hydrogen-bond acceptors (Lipinski definition) is 4. The van der Waals surface area contributed by atoms with E-state index in [2.05, 4.69) is 102 Å². The highest BCUT2D eigenvalue weighted by Gasteiger charge is 2.25. The first-order valence-electron chi connectivity index (χ1n) is 13.8. The van der Waals surface area contributed by atoms with Gasteiger partial charge in [0.15, 0.2) is 11.4 Å². The Kier molecular flexibility index (Phi) is 4.36. The first-order valence-corrected chi connectivity index (χ1v) is 15.0. The SMILES string of the molecule is Clc1nc(-n2c3ccccc3c3c4ccccc4c4c5ccccc5sc4c32)c2oc3cc4ccccc4cc3c2n1. The molecule has 0 atom stereocenters. The fourth-order valence-electron chi connectivity index (χ4n) is 6.79. The third-order valence-electron chi connectivity index (χ3n) is 8.50. The minimum absolute atomic E-state index is 0.188. The van der Waals surface area contributed by atoms with Crippen LogP contribution in [0.4, 0.5) is 0 Å². The molecule has 4 heterocycles. The van der Waals surface area contributed by atoms with Gasteiger partial charge < -0.3 is 4.42 Å². The standard InChI is InChI=1S/C36H18ClN3OS/c37-36-38-31-25-17-19-9-1-2-10-20(19)18-27(25)41-33(31)35(39-36)40-26-15-7-5-13-23(26)29-21-11-3-4-12-22(21)30-24-14-6-8-16-28(24)42-34(30)32(29)40/h1-18H. The van der Waals surface area contributed by atoms with Crippen LogP contribution in [0.3, 0.4) is 0 Å². The molecule has 0 aliphatic carbocycles. The molecule has 6 aromatic carbocycles. The number of rotatable bonds is 1. The third kappa shape index (κ3) is 2.86. The molecule has 10 rings (SSSR count). The van der Waals surface area contributed by atoms with E-state index in [0.29, 0.717) is 16.9 Å². The topological polar surface area (TPSA) is 43.9 Å². The molecular formula is C36H18ClN3OS. The summed E-state index contributed by atoms with van der Waals surface area (Å²) in [5.41, 5.74) is 4.25. The van der Waals surface area contributed by atoms with Crippen LogP contribution in [0.2, 0.25) is 5.28 Å². The van der Waals surface area contributed by atoms with Crippen LogP contribution in [0, 0.1) is 0 Å². The van der Waals surface area contributed by atoms with E-state index in [1.165, 1.54) is 36.3 Å². The number of benzene rings is 6. The normalized spacial score (nSPS) is 12.4. The molecule has 6 heteroatoms. The maximum absolute atomic E-state index is 6.72. The third-order valence-corrected chi connectivity index (χ3v) is 9.84. The lowest BCUT2D eigenvalue weighted by molar-refractivity contribution is 0.663. The molecular weight excluding hydrogens is 558 g/mol. The zero-order valence-electron chi connectivity index (χ0n) is 21.9. The zero-order chi connectivity index (χ0) is 27.5. The van der Waals surface area contributed by atoms with Gasteiger partial charge in [-0.2, -0.15) is 4.98 Å². The molecule has 0 saturated heterocycles. The van der Waals surface area contributed by atoms with E-state index in [9.17, 15) is 0 Å². The molecule has 0 N–H and O–H groups in total. The molecule has 10 aromatic rings. The Balaban J connectivity index is 1.47. The Bertz CT molecular complexity index is 2770. The highest BCUT2D eigenvalue weighted by atomic mass is 35.5. The number of halogens is 1. The van der Waals surface area contributed by atoms with E-state index in [1.54, 1.807) is 0 Å². The number of hydrogen-bond donors (Lipinski definition) is 0. The minimum atomic E-state index is 0.188. The van der Waals surface area contributed by atoms with Gasteiger partial charge in [-0.25, -0.2) is 4.98 Å². The molecule has 0 amide bonds. The first-order chi connectivity index (χ1) is 20.7. The highest BCUT2D eigenvalue weighted by Crippen LogP contribution is 2.48. The van der Waals surface area contributed by atoms with Gasteiger partial charge in [0, 0.05) is 31.6 Å². The van der Waals surface area contributed by atoms with Crippen LogP contribution in [0.1, 0.15) is 0 Å². The monoisotopic (exact) mass is 575 g/mol. The van der Waals surface area contributed by atoms with Gasteiger partial charge in [-0.05, 0) is 57.4 Å². The molecule has 0 unspecified atom stereocenters. The number of thiophene rings is 1. The molecule has 4 nitrogen and oxygen atoms in total. The lowest BCUT2D eigenvalue weighted by atomic mass is 9.99. The fourth-order valence-corrected chi connectivity index (χ4v) is 8.21. The van der Waals surface area contributed by atoms with Crippen molar-refractivity contribution in [1.29, 1.82) is 0 Å². The summed E-state index contributed by atoms with van der Waals surface area (Å²) in [5.74, 6) is 0.644. The summed E-state index contributed by atoms with van der Waals surface area (Å²) in [6.45, 7) is 0. The summed E-state index contributed by atoms with van der Waals surface area (Å²) in [7, 11) is 0. The average molecular weight is 576 g/mol. The number of nitrogens with zero attached hydrogens (tertiary/aromatic N) is 3. The quantitative estimate of drug-likeness (QED) is 0.183. The molecule has 196 valence electrons. The Morgan fingerprint density at radius 2 is 1.31 bits per heavy atom. The lowest BCUT2D eigenvalue weighted by Gasteiger charge is -2.10. The Hall–Kier alpha value is -4.97. The van der Waals surface area contributed by atoms with Crippen molar-refractivity contribution in [2.75, 3.05) is 0 Å². The van der Waals surface area contributed by atoms with E-state index < -0.39 is 0 Å². The van der Waals surface area contributed by atoms with Crippen LogP contribution in [0.25, 0.3) is 91.4 Å². The summed E-state index contributed by atoms with van der Waals surface area (Å²) < 4.78 is 11.3. The average Bonchev–Trinajstić information content (AvgIpc) is 3.69. The van der Waals surface area contributed by atoms with Gasteiger partial charge in [-0.1, -0.05) is 84.9 Å². The summed E-state index contributed by atoms with van der Waals surface area (Å²) in [5, 5.41) is 10.7. The maximum Gasteiger partial charge on any atom is 0.225 e. The molecule has 0 spiro atoms. The van der Waals surface area contributed by atoms with Crippen LogP contribution in [0.15, 0.2) is 114 Å².